The number of anilines is 1. The van der Waals surface area contributed by atoms with Crippen molar-refractivity contribution in [3.05, 3.63) is 182 Å². The lowest BCUT2D eigenvalue weighted by molar-refractivity contribution is 0.0682. The van der Waals surface area contributed by atoms with Gasteiger partial charge in [-0.05, 0) is 109 Å². The molecule has 0 spiro atoms. The van der Waals surface area contributed by atoms with Crippen LogP contribution in [0.4, 0.5) is 5.69 Å². The molecule has 9 rings (SSSR count). The van der Waals surface area contributed by atoms with Crippen LogP contribution in [-0.2, 0) is 13.1 Å². The quantitative estimate of drug-likeness (QED) is 0.0593. The normalized spacial score (nSPS) is 11.6. The zero-order chi connectivity index (χ0) is 50.2. The number of carboxylic acids is 3. The molecule has 2 aliphatic carbocycles. The topological polar surface area (TPSA) is 249 Å². The Bertz CT molecular complexity index is 3740. The number of phenols is 1. The molecule has 0 unspecified atom stereocenters. The number of nitrogens with one attached hydrogen (secondary N) is 2. The van der Waals surface area contributed by atoms with Crippen molar-refractivity contribution in [2.45, 2.75) is 20.0 Å². The molecule has 0 atom stereocenters. The molecule has 0 saturated carbocycles. The fourth-order valence-electron chi connectivity index (χ4n) is 8.64. The molecule has 4 aliphatic rings. The van der Waals surface area contributed by atoms with Crippen molar-refractivity contribution in [3.8, 4) is 50.7 Å². The summed E-state index contributed by atoms with van der Waals surface area (Å²) < 4.78 is 12.5. The predicted molar refractivity (Wildman–Crippen MR) is 265 cm³/mol. The van der Waals surface area contributed by atoms with Gasteiger partial charge in [-0.25, -0.2) is 14.4 Å². The van der Waals surface area contributed by atoms with Crippen LogP contribution >= 0.6 is 0 Å². The average molecular weight is 951 g/mol. The first-order valence-corrected chi connectivity index (χ1v) is 22.1. The van der Waals surface area contributed by atoms with Crippen LogP contribution < -0.4 is 26.3 Å². The van der Waals surface area contributed by atoms with Crippen LogP contribution in [0.15, 0.2) is 146 Å². The molecule has 16 heteroatoms. The van der Waals surface area contributed by atoms with Crippen molar-refractivity contribution < 1.29 is 53.2 Å². The van der Waals surface area contributed by atoms with Crippen LogP contribution in [0.2, 0.25) is 0 Å². The lowest BCUT2D eigenvalue weighted by Crippen LogP contribution is -2.24. The number of carbonyl (C=O) groups is 5. The van der Waals surface area contributed by atoms with Gasteiger partial charge in [0.15, 0.2) is 5.43 Å². The van der Waals surface area contributed by atoms with Gasteiger partial charge in [0.05, 0.1) is 34.2 Å². The molecule has 5 aromatic carbocycles. The Kier molecular flexibility index (Phi) is 12.4. The summed E-state index contributed by atoms with van der Waals surface area (Å²) in [6, 6.07) is 32.6. The third-order valence-electron chi connectivity index (χ3n) is 12.1. The number of rotatable bonds is 13. The monoisotopic (exact) mass is 950 g/mol. The van der Waals surface area contributed by atoms with Crippen LogP contribution in [0.5, 0.6) is 5.75 Å². The molecule has 0 saturated heterocycles. The number of aromatic carboxylic acids is 3. The summed E-state index contributed by atoms with van der Waals surface area (Å²) in [5.74, 6) is -4.71. The Morgan fingerprint density at radius 3 is 1.82 bits per heavy atom. The minimum Gasteiger partial charge on any atom is -0.507 e. The van der Waals surface area contributed by atoms with Gasteiger partial charge in [-0.2, -0.15) is 0 Å². The maximum atomic E-state index is 13.6. The van der Waals surface area contributed by atoms with Gasteiger partial charge in [0, 0.05) is 95.2 Å². The highest BCUT2D eigenvalue weighted by molar-refractivity contribution is 6.11. The maximum Gasteiger partial charge on any atom is 0.336 e. The molecule has 0 bridgehead atoms. The largest absolute Gasteiger partial charge is 0.507 e. The van der Waals surface area contributed by atoms with E-state index < -0.39 is 35.2 Å². The Morgan fingerprint density at radius 1 is 0.577 bits per heavy atom. The molecular formula is C55H42N4O12. The smallest absolute Gasteiger partial charge is 0.336 e. The van der Waals surface area contributed by atoms with E-state index in [0.717, 1.165) is 11.8 Å². The molecule has 0 aromatic heterocycles. The number of phenolic OH excluding ortho intramolecular Hbond substituents is 1. The van der Waals surface area contributed by atoms with Gasteiger partial charge >= 0.3 is 17.9 Å². The first-order valence-electron chi connectivity index (χ1n) is 22.1. The Hall–Kier alpha value is -9.57. The van der Waals surface area contributed by atoms with Crippen molar-refractivity contribution in [1.82, 2.24) is 10.6 Å². The van der Waals surface area contributed by atoms with Crippen molar-refractivity contribution in [2.75, 3.05) is 25.5 Å². The maximum absolute atomic E-state index is 13.6. The van der Waals surface area contributed by atoms with Gasteiger partial charge in [-0.1, -0.05) is 24.3 Å². The van der Waals surface area contributed by atoms with E-state index in [2.05, 4.69) is 15.6 Å². The predicted octanol–water partition coefficient (Wildman–Crippen LogP) is 8.73. The lowest BCUT2D eigenvalue weighted by Gasteiger charge is -2.19. The van der Waals surface area contributed by atoms with Gasteiger partial charge in [-0.15, -0.1) is 0 Å². The molecule has 2 heterocycles. The molecule has 0 radical (unpaired) electrons. The SMILES string of the molecule is CCN=c1ccc2c(-c3ccc(C(=O)NCc4ccc(C(=O)NCc5c(O)ccc6c(-c7ccc(C(=O)O)cc7C(=O)O)c7ccc(=O)cc-7oc56)cc4)cc3C(=O)O)c3ccc(N(C)C)cc3oc-2c1. The Morgan fingerprint density at radius 2 is 1.15 bits per heavy atom. The molecule has 16 nitrogen and oxygen atoms in total. The van der Waals surface area contributed by atoms with E-state index in [-0.39, 0.29) is 69.1 Å². The average Bonchev–Trinajstić information content (AvgIpc) is 3.35. The number of amides is 2. The number of hydrogen-bond donors (Lipinski definition) is 6. The fourth-order valence-corrected chi connectivity index (χ4v) is 8.64. The van der Waals surface area contributed by atoms with Gasteiger partial charge in [0.25, 0.3) is 11.8 Å². The van der Waals surface area contributed by atoms with Gasteiger partial charge in [0.1, 0.15) is 28.4 Å². The molecule has 2 aliphatic heterocycles. The molecule has 0 fully saturated rings. The molecular weight excluding hydrogens is 909 g/mol. The van der Waals surface area contributed by atoms with Crippen LogP contribution in [0.25, 0.3) is 66.8 Å². The van der Waals surface area contributed by atoms with Gasteiger partial charge < -0.3 is 44.8 Å². The van der Waals surface area contributed by atoms with Crippen molar-refractivity contribution in [1.29, 1.82) is 0 Å². The van der Waals surface area contributed by atoms with E-state index in [1.807, 2.05) is 62.3 Å². The first kappa shape index (κ1) is 46.5. The second kappa shape index (κ2) is 18.8. The summed E-state index contributed by atoms with van der Waals surface area (Å²) >= 11 is 0. The highest BCUT2D eigenvalue weighted by Crippen LogP contribution is 2.45. The van der Waals surface area contributed by atoms with Crippen molar-refractivity contribution in [2.24, 2.45) is 4.99 Å². The first-order chi connectivity index (χ1) is 34.1. The molecule has 6 N–H and O–H groups in total. The summed E-state index contributed by atoms with van der Waals surface area (Å²) in [4.78, 5) is 83.1. The summed E-state index contributed by atoms with van der Waals surface area (Å²) in [6.07, 6.45) is 0. The second-order valence-electron chi connectivity index (χ2n) is 16.8. The van der Waals surface area contributed by atoms with Crippen LogP contribution in [0.1, 0.15) is 69.8 Å². The summed E-state index contributed by atoms with van der Waals surface area (Å²) in [6.45, 7) is 2.26. The fraction of sp³-hybridized carbons (Fsp3) is 0.109. The highest BCUT2D eigenvalue weighted by atomic mass is 16.4. The van der Waals surface area contributed by atoms with Crippen LogP contribution in [0.3, 0.4) is 0 Å². The number of benzene rings is 7. The van der Waals surface area contributed by atoms with Crippen molar-refractivity contribution in [3.63, 3.8) is 0 Å². The van der Waals surface area contributed by atoms with Gasteiger partial charge in [0.2, 0.25) is 0 Å². The summed E-state index contributed by atoms with van der Waals surface area (Å²) in [5, 5.41) is 48.6. The number of hydrogen-bond acceptors (Lipinski definition) is 11. The summed E-state index contributed by atoms with van der Waals surface area (Å²) in [7, 11) is 3.82. The minimum atomic E-state index is -1.40. The number of carboxylic acid groups (broad SMARTS) is 3. The Labute approximate surface area is 403 Å². The van der Waals surface area contributed by atoms with Gasteiger partial charge in [-0.3, -0.25) is 19.4 Å². The highest BCUT2D eigenvalue weighted by Gasteiger charge is 2.27. The minimum absolute atomic E-state index is 0.0368. The standard InChI is InChI=1S/C55H42N4O12/c1-4-56-32-11-16-37-45(23-32)70-46-24-33(59(2)3)12-17-38(46)48(37)35-14-9-30(21-41(35)54(66)67)52(63)57-26-28-5-7-29(8-6-28)51(62)58-27-43-44(61)20-19-40-49(39-18-13-34(60)25-47(39)71-50(40)43)36-15-10-31(53(64)65)22-42(36)55(68)69/h5-25,61H,4,26-27H2,1-3H3,(H,57,63)(H,58,62)(H,64,65)(H,66,67)(H,68,69). The van der Waals surface area contributed by atoms with E-state index in [1.165, 1.54) is 48.5 Å². The Balaban J connectivity index is 0.946. The van der Waals surface area contributed by atoms with Crippen LogP contribution in [0, 0.1) is 0 Å². The zero-order valence-electron chi connectivity index (χ0n) is 38.2. The van der Waals surface area contributed by atoms with E-state index in [9.17, 15) is 49.2 Å². The molecule has 5 aromatic rings. The van der Waals surface area contributed by atoms with E-state index >= 15 is 0 Å². The number of aromatic hydroxyl groups is 1. The summed E-state index contributed by atoms with van der Waals surface area (Å²) in [5.41, 5.74) is 3.97. The van der Waals surface area contributed by atoms with E-state index in [0.29, 0.717) is 67.4 Å². The zero-order valence-corrected chi connectivity index (χ0v) is 38.2. The number of carbonyl (C=O) groups excluding carboxylic acids is 2. The lowest BCUT2D eigenvalue weighted by atomic mass is 9.89. The second-order valence-corrected chi connectivity index (χ2v) is 16.8. The third-order valence-corrected chi connectivity index (χ3v) is 12.1. The van der Waals surface area contributed by atoms with E-state index in [4.69, 9.17) is 8.83 Å². The number of nitrogens with zero attached hydrogens (tertiary/aromatic N) is 2. The molecule has 2 amide bonds. The third kappa shape index (κ3) is 9.00. The molecule has 354 valence electrons. The van der Waals surface area contributed by atoms with Crippen molar-refractivity contribution >= 4 is 57.3 Å². The van der Waals surface area contributed by atoms with Crippen LogP contribution in [-0.4, -0.2) is 70.8 Å². The number of fused-ring (bicyclic) bond motifs is 4. The molecule has 71 heavy (non-hydrogen) atoms. The van der Waals surface area contributed by atoms with E-state index in [1.54, 1.807) is 36.4 Å².